The van der Waals surface area contributed by atoms with E-state index in [-0.39, 0.29) is 23.3 Å². The molecule has 4 N–H and O–H groups in total. The first kappa shape index (κ1) is 49.8. The zero-order valence-corrected chi connectivity index (χ0v) is 38.8. The Bertz CT molecular complexity index is 1530. The minimum absolute atomic E-state index is 0.0163. The van der Waals surface area contributed by atoms with Crippen LogP contribution in [0.15, 0.2) is 30.3 Å². The molecule has 14 heteroatoms. The van der Waals surface area contributed by atoms with Crippen LogP contribution in [0.2, 0.25) is 18.1 Å². The molecule has 324 valence electrons. The van der Waals surface area contributed by atoms with E-state index < -0.39 is 85.4 Å². The average Bonchev–Trinajstić information content (AvgIpc) is 3.27. The third kappa shape index (κ3) is 12.8. The number of amides is 4. The van der Waals surface area contributed by atoms with Crippen molar-refractivity contribution in [1.29, 1.82) is 0 Å². The van der Waals surface area contributed by atoms with Gasteiger partial charge in [-0.05, 0) is 83.0 Å². The van der Waals surface area contributed by atoms with E-state index in [0.29, 0.717) is 25.9 Å². The molecule has 0 spiro atoms. The van der Waals surface area contributed by atoms with Crippen molar-refractivity contribution in [3.63, 3.8) is 0 Å². The molecule has 1 saturated heterocycles. The van der Waals surface area contributed by atoms with E-state index in [9.17, 15) is 19.2 Å². The molecule has 1 aliphatic heterocycles. The smallest absolute Gasteiger partial charge is 0.408 e. The quantitative estimate of drug-likeness (QED) is 0.136. The Morgan fingerprint density at radius 1 is 0.947 bits per heavy atom. The third-order valence-electron chi connectivity index (χ3n) is 11.7. The lowest BCUT2D eigenvalue weighted by Crippen LogP contribution is -2.69. The molecule has 0 saturated carbocycles. The van der Waals surface area contributed by atoms with Gasteiger partial charge in [0.05, 0.1) is 19.4 Å². The molecule has 0 bridgehead atoms. The minimum Gasteiger partial charge on any atom is -0.467 e. The number of methoxy groups -OCH3 is 1. The molecule has 4 amide bonds. The summed E-state index contributed by atoms with van der Waals surface area (Å²) >= 11 is 0. The molecular weight excluding hydrogens is 743 g/mol. The van der Waals surface area contributed by atoms with E-state index >= 15 is 4.79 Å². The Morgan fingerprint density at radius 2 is 1.53 bits per heavy atom. The lowest BCUT2D eigenvalue weighted by Gasteiger charge is -2.50. The van der Waals surface area contributed by atoms with Crippen LogP contribution in [0.3, 0.4) is 0 Å². The first-order valence-corrected chi connectivity index (χ1v) is 23.5. The molecule has 13 nitrogen and oxygen atoms in total. The van der Waals surface area contributed by atoms with Crippen LogP contribution in [0, 0.1) is 23.7 Å². The van der Waals surface area contributed by atoms with Gasteiger partial charge in [-0.25, -0.2) is 9.59 Å². The second kappa shape index (κ2) is 20.1. The number of nitrogens with zero attached hydrogens (tertiary/aromatic N) is 2. The van der Waals surface area contributed by atoms with Gasteiger partial charge < -0.3 is 30.3 Å². The van der Waals surface area contributed by atoms with Gasteiger partial charge in [0, 0.05) is 31.3 Å². The number of likely N-dealkylation sites (tertiary alicyclic amines) is 1. The molecule has 57 heavy (non-hydrogen) atoms. The largest absolute Gasteiger partial charge is 0.467 e. The minimum atomic E-state index is -2.57. The molecular formula is C43H75N5O8Si. The number of carbonyl (C=O) groups is 5. The van der Waals surface area contributed by atoms with Crippen molar-refractivity contribution < 1.29 is 37.9 Å². The van der Waals surface area contributed by atoms with Gasteiger partial charge in [0.1, 0.15) is 23.2 Å². The third-order valence-corrected chi connectivity index (χ3v) is 16.2. The fraction of sp³-hybridized carbons (Fsp3) is 0.744. The van der Waals surface area contributed by atoms with E-state index in [4.69, 9.17) is 19.6 Å². The maximum absolute atomic E-state index is 15.4. The second-order valence-electron chi connectivity index (χ2n) is 19.0. The molecule has 0 radical (unpaired) electrons. The fourth-order valence-electron chi connectivity index (χ4n) is 7.33. The summed E-state index contributed by atoms with van der Waals surface area (Å²) in [7, 11) is -1.32. The molecule has 4 unspecified atom stereocenters. The lowest BCUT2D eigenvalue weighted by atomic mass is 9.68. The van der Waals surface area contributed by atoms with Crippen LogP contribution in [0.4, 0.5) is 4.79 Å². The normalized spacial score (nSPS) is 21.1. The molecule has 1 fully saturated rings. The van der Waals surface area contributed by atoms with Gasteiger partial charge in [0.25, 0.3) is 5.91 Å². The zero-order chi connectivity index (χ0) is 43.8. The number of alkyl carbamates (subject to hydrolysis) is 1. The van der Waals surface area contributed by atoms with Crippen molar-refractivity contribution in [2.75, 3.05) is 20.2 Å². The molecule has 0 aromatic heterocycles. The van der Waals surface area contributed by atoms with Crippen molar-refractivity contribution in [2.24, 2.45) is 29.4 Å². The van der Waals surface area contributed by atoms with E-state index in [0.717, 1.165) is 10.5 Å². The van der Waals surface area contributed by atoms with Crippen LogP contribution in [-0.2, 0) is 39.5 Å². The Kier molecular flexibility index (Phi) is 17.6. The topological polar surface area (TPSA) is 170 Å². The molecule has 7 atom stereocenters. The van der Waals surface area contributed by atoms with Crippen molar-refractivity contribution in [2.45, 2.75) is 163 Å². The van der Waals surface area contributed by atoms with Crippen LogP contribution in [-0.4, -0.2) is 104 Å². The van der Waals surface area contributed by atoms with Crippen LogP contribution in [0.5, 0.6) is 0 Å². The van der Waals surface area contributed by atoms with Crippen molar-refractivity contribution in [3.05, 3.63) is 35.9 Å². The van der Waals surface area contributed by atoms with E-state index in [2.05, 4.69) is 61.5 Å². The highest BCUT2D eigenvalue weighted by Gasteiger charge is 2.57. The highest BCUT2D eigenvalue weighted by molar-refractivity contribution is 6.74. The van der Waals surface area contributed by atoms with E-state index in [1.54, 1.807) is 48.5 Å². The molecule has 1 heterocycles. The number of ether oxygens (including phenoxy) is 2. The van der Waals surface area contributed by atoms with Crippen LogP contribution in [0.1, 0.15) is 108 Å². The number of hydrogen-bond donors (Lipinski definition) is 3. The van der Waals surface area contributed by atoms with Gasteiger partial charge in [-0.15, -0.1) is 0 Å². The monoisotopic (exact) mass is 818 g/mol. The van der Waals surface area contributed by atoms with E-state index in [1.165, 1.54) is 7.11 Å². The summed E-state index contributed by atoms with van der Waals surface area (Å²) in [6.07, 6.45) is -0.786. The first-order valence-electron chi connectivity index (χ1n) is 20.6. The van der Waals surface area contributed by atoms with Crippen LogP contribution < -0.4 is 16.4 Å². The Hall–Kier alpha value is -3.33. The predicted molar refractivity (Wildman–Crippen MR) is 226 cm³/mol. The number of nitrogens with one attached hydrogen (secondary N) is 2. The highest BCUT2D eigenvalue weighted by atomic mass is 28.4. The van der Waals surface area contributed by atoms with Crippen molar-refractivity contribution >= 4 is 38.1 Å². The van der Waals surface area contributed by atoms with Gasteiger partial charge >= 0.3 is 12.1 Å². The summed E-state index contributed by atoms with van der Waals surface area (Å²) < 4.78 is 18.0. The molecule has 0 aliphatic carbocycles. The van der Waals surface area contributed by atoms with Gasteiger partial charge in [0.15, 0.2) is 8.32 Å². The van der Waals surface area contributed by atoms with Crippen LogP contribution >= 0.6 is 0 Å². The molecule has 1 aromatic rings. The Morgan fingerprint density at radius 3 is 2.00 bits per heavy atom. The SMILES string of the molecule is CCC(=O)N(C(=O)[C@@](N)(C(C)C)C1CCN([C@H](C)NC(=O)[C@H](C)NC(=O)OC(C)(C)C)CC(Cc2ccccc2)C1O[Si](C)(C)C(C)(C)C)C(C(=O)OC)C(C)C. The first-order chi connectivity index (χ1) is 26.1. The number of nitrogens with two attached hydrogens (primary N) is 1. The molecule has 2 rings (SSSR count). The van der Waals surface area contributed by atoms with Crippen molar-refractivity contribution in [1.82, 2.24) is 20.4 Å². The number of esters is 1. The summed E-state index contributed by atoms with van der Waals surface area (Å²) in [6.45, 7) is 29.5. The van der Waals surface area contributed by atoms with E-state index in [1.807, 2.05) is 39.0 Å². The second-order valence-corrected chi connectivity index (χ2v) is 23.7. The van der Waals surface area contributed by atoms with Crippen molar-refractivity contribution in [3.8, 4) is 0 Å². The highest BCUT2D eigenvalue weighted by Crippen LogP contribution is 2.45. The lowest BCUT2D eigenvalue weighted by molar-refractivity contribution is -0.167. The predicted octanol–water partition coefficient (Wildman–Crippen LogP) is 6.25. The number of benzene rings is 1. The summed E-state index contributed by atoms with van der Waals surface area (Å²) in [5.74, 6) is -3.98. The van der Waals surface area contributed by atoms with Gasteiger partial charge in [-0.3, -0.25) is 24.2 Å². The number of rotatable bonds is 15. The van der Waals surface area contributed by atoms with Crippen LogP contribution in [0.25, 0.3) is 0 Å². The Balaban J connectivity index is 2.82. The van der Waals surface area contributed by atoms with Gasteiger partial charge in [0.2, 0.25) is 11.8 Å². The average molecular weight is 818 g/mol. The van der Waals surface area contributed by atoms with Gasteiger partial charge in [-0.1, -0.05) is 85.7 Å². The zero-order valence-electron chi connectivity index (χ0n) is 37.8. The Labute approximate surface area is 344 Å². The summed E-state index contributed by atoms with van der Waals surface area (Å²) in [4.78, 5) is 71.8. The summed E-state index contributed by atoms with van der Waals surface area (Å²) in [5, 5.41) is 5.51. The van der Waals surface area contributed by atoms with Gasteiger partial charge in [-0.2, -0.15) is 0 Å². The molecule has 1 aromatic carbocycles. The standard InChI is InChI=1S/C43H75N5O8Si/c1-17-34(49)48(35(27(2)3)38(51)54-14)39(52)43(44,28(4)5)33-23-24-47(30(7)46-37(50)29(6)45-40(53)55-41(8,9)10)26-32(25-31-21-19-18-20-22-31)36(33)56-57(15,16)42(11,12)13/h18-22,27-30,32-33,35-36H,17,23-26,44H2,1-16H3,(H,45,53)(H,46,50)/t29-,30+,32?,33?,35?,36?,43+/m0/s1. The maximum Gasteiger partial charge on any atom is 0.408 e. The maximum atomic E-state index is 15.4. The molecule has 1 aliphatic rings. The number of hydrogen-bond acceptors (Lipinski definition) is 10. The fourth-order valence-corrected chi connectivity index (χ4v) is 8.72. The number of carbonyl (C=O) groups excluding carboxylic acids is 5. The summed E-state index contributed by atoms with van der Waals surface area (Å²) in [6, 6.07) is 8.03. The summed E-state index contributed by atoms with van der Waals surface area (Å²) in [5.41, 5.74) is 6.29. The number of imide groups is 1.